The van der Waals surface area contributed by atoms with Crippen LogP contribution in [0.25, 0.3) is 0 Å². The second-order valence-electron chi connectivity index (χ2n) is 7.16. The Bertz CT molecular complexity index is 900. The minimum atomic E-state index is -0.137. The van der Waals surface area contributed by atoms with Gasteiger partial charge in [0.1, 0.15) is 5.69 Å². The zero-order valence-electron chi connectivity index (χ0n) is 15.1. The molecule has 1 saturated carbocycles. The summed E-state index contributed by atoms with van der Waals surface area (Å²) in [7, 11) is 0. The van der Waals surface area contributed by atoms with Gasteiger partial charge in [-0.25, -0.2) is 4.98 Å². The molecule has 1 aromatic heterocycles. The molecule has 6 nitrogen and oxygen atoms in total. The smallest absolute Gasteiger partial charge is 0.273 e. The van der Waals surface area contributed by atoms with Gasteiger partial charge in [-0.3, -0.25) is 9.59 Å². The van der Waals surface area contributed by atoms with Crippen molar-refractivity contribution in [3.63, 3.8) is 0 Å². The molecule has 0 bridgehead atoms. The summed E-state index contributed by atoms with van der Waals surface area (Å²) < 4.78 is 0. The number of likely N-dealkylation sites (tertiary alicyclic amines) is 1. The summed E-state index contributed by atoms with van der Waals surface area (Å²) in [5, 5.41) is 9.44. The van der Waals surface area contributed by atoms with Gasteiger partial charge in [0.25, 0.3) is 5.91 Å². The molecule has 148 valence electrons. The van der Waals surface area contributed by atoms with E-state index in [9.17, 15) is 9.59 Å². The van der Waals surface area contributed by atoms with E-state index >= 15 is 0 Å². The van der Waals surface area contributed by atoms with E-state index in [4.69, 9.17) is 23.2 Å². The highest BCUT2D eigenvalue weighted by molar-refractivity contribution is 7.14. The van der Waals surface area contributed by atoms with Crippen LogP contribution >= 0.6 is 34.5 Å². The summed E-state index contributed by atoms with van der Waals surface area (Å²) >= 11 is 13.3. The highest BCUT2D eigenvalue weighted by Crippen LogP contribution is 2.29. The predicted octanol–water partition coefficient (Wildman–Crippen LogP) is 4.32. The molecule has 2 amide bonds. The van der Waals surface area contributed by atoms with Gasteiger partial charge < -0.3 is 15.5 Å². The van der Waals surface area contributed by atoms with Gasteiger partial charge in [-0.05, 0) is 43.9 Å². The van der Waals surface area contributed by atoms with Crippen LogP contribution in [0.1, 0.15) is 36.2 Å². The molecule has 1 aliphatic heterocycles. The summed E-state index contributed by atoms with van der Waals surface area (Å²) in [5.41, 5.74) is 1.13. The number of carbonyl (C=O) groups excluding carboxylic acids is 2. The molecule has 28 heavy (non-hydrogen) atoms. The highest BCUT2D eigenvalue weighted by atomic mass is 35.5. The third-order valence-corrected chi connectivity index (χ3v) is 6.39. The fourth-order valence-corrected chi connectivity index (χ4v) is 4.21. The molecule has 1 aliphatic carbocycles. The number of hydrogen-bond donors (Lipinski definition) is 2. The number of amides is 2. The van der Waals surface area contributed by atoms with E-state index in [0.717, 1.165) is 31.4 Å². The van der Waals surface area contributed by atoms with Crippen LogP contribution in [-0.2, 0) is 4.79 Å². The molecule has 2 aromatic rings. The Balaban J connectivity index is 1.39. The molecule has 2 aliphatic rings. The monoisotopic (exact) mass is 438 g/mol. The lowest BCUT2D eigenvalue weighted by Crippen LogP contribution is -2.46. The van der Waals surface area contributed by atoms with Crippen molar-refractivity contribution in [2.24, 2.45) is 5.92 Å². The van der Waals surface area contributed by atoms with Gasteiger partial charge in [-0.2, -0.15) is 0 Å². The van der Waals surface area contributed by atoms with Crippen molar-refractivity contribution in [2.75, 3.05) is 18.4 Å². The molecule has 0 radical (unpaired) electrons. The molecule has 0 spiro atoms. The Kier molecular flexibility index (Phi) is 5.75. The fourth-order valence-electron chi connectivity index (χ4n) is 3.21. The summed E-state index contributed by atoms with van der Waals surface area (Å²) in [5.74, 6) is -0.201. The number of thiazole rings is 1. The number of anilines is 2. The minimum absolute atomic E-state index is 0.0697. The van der Waals surface area contributed by atoms with Gasteiger partial charge in [0, 0.05) is 30.2 Å². The number of halogens is 2. The van der Waals surface area contributed by atoms with Crippen LogP contribution in [-0.4, -0.2) is 40.8 Å². The van der Waals surface area contributed by atoms with E-state index in [1.807, 2.05) is 0 Å². The predicted molar refractivity (Wildman–Crippen MR) is 112 cm³/mol. The van der Waals surface area contributed by atoms with Gasteiger partial charge in [-0.1, -0.05) is 23.2 Å². The molecule has 9 heteroatoms. The first-order valence-electron chi connectivity index (χ1n) is 9.27. The average molecular weight is 439 g/mol. The van der Waals surface area contributed by atoms with Gasteiger partial charge in [-0.15, -0.1) is 11.3 Å². The first kappa shape index (κ1) is 19.5. The number of benzene rings is 1. The van der Waals surface area contributed by atoms with Crippen molar-refractivity contribution in [1.29, 1.82) is 0 Å². The van der Waals surface area contributed by atoms with E-state index in [1.54, 1.807) is 28.5 Å². The molecular weight excluding hydrogens is 419 g/mol. The summed E-state index contributed by atoms with van der Waals surface area (Å²) in [6.45, 7) is 1.10. The zero-order chi connectivity index (χ0) is 19.7. The van der Waals surface area contributed by atoms with E-state index in [2.05, 4.69) is 15.6 Å². The molecule has 1 atom stereocenters. The first-order valence-corrected chi connectivity index (χ1v) is 10.9. The maximum absolute atomic E-state index is 12.8. The Morgan fingerprint density at radius 1 is 1.18 bits per heavy atom. The molecule has 4 rings (SSSR count). The van der Waals surface area contributed by atoms with Crippen LogP contribution in [0.2, 0.25) is 10.0 Å². The molecule has 2 fully saturated rings. The zero-order valence-corrected chi connectivity index (χ0v) is 17.4. The lowest BCUT2D eigenvalue weighted by molar-refractivity contribution is -0.126. The summed E-state index contributed by atoms with van der Waals surface area (Å²) in [4.78, 5) is 31.3. The Morgan fingerprint density at radius 3 is 2.75 bits per heavy atom. The number of piperidine rings is 1. The van der Waals surface area contributed by atoms with E-state index in [1.165, 1.54) is 11.3 Å². The second kappa shape index (κ2) is 8.27. The van der Waals surface area contributed by atoms with Gasteiger partial charge in [0.2, 0.25) is 5.91 Å². The van der Waals surface area contributed by atoms with Gasteiger partial charge >= 0.3 is 0 Å². The summed E-state index contributed by atoms with van der Waals surface area (Å²) in [6, 6.07) is 5.55. The van der Waals surface area contributed by atoms with Crippen LogP contribution in [0.3, 0.4) is 0 Å². The largest absolute Gasteiger partial charge is 0.353 e. The average Bonchev–Trinajstić information content (AvgIpc) is 3.39. The van der Waals surface area contributed by atoms with Crippen molar-refractivity contribution < 1.29 is 9.59 Å². The Labute approximate surface area is 177 Å². The third kappa shape index (κ3) is 4.59. The van der Waals surface area contributed by atoms with Crippen molar-refractivity contribution in [2.45, 2.75) is 31.7 Å². The molecule has 2 N–H and O–H groups in total. The number of hydrogen-bond acceptors (Lipinski definition) is 5. The fraction of sp³-hybridized carbons (Fsp3) is 0.421. The minimum Gasteiger partial charge on any atom is -0.353 e. The number of carbonyl (C=O) groups is 2. The molecule has 1 aromatic carbocycles. The quantitative estimate of drug-likeness (QED) is 0.728. The topological polar surface area (TPSA) is 74.3 Å². The Morgan fingerprint density at radius 2 is 2.00 bits per heavy atom. The van der Waals surface area contributed by atoms with E-state index < -0.39 is 0 Å². The number of nitrogens with one attached hydrogen (secondary N) is 2. The van der Waals surface area contributed by atoms with Crippen molar-refractivity contribution in [3.8, 4) is 0 Å². The van der Waals surface area contributed by atoms with E-state index in [0.29, 0.717) is 40.0 Å². The normalized spacial score (nSPS) is 19.4. The van der Waals surface area contributed by atoms with Crippen LogP contribution in [0.5, 0.6) is 0 Å². The van der Waals surface area contributed by atoms with Crippen molar-refractivity contribution >= 4 is 57.2 Å². The molecule has 0 unspecified atom stereocenters. The standard InChI is InChI=1S/C19H20Cl2N4O2S/c20-14-6-5-13(8-15(14)21)23-19-24-16(10-28-19)18(27)25-7-1-2-11(9-25)17(26)22-12-3-4-12/h5-6,8,10-12H,1-4,7,9H2,(H,22,26)(H,23,24)/t11-/m1/s1. The lowest BCUT2D eigenvalue weighted by Gasteiger charge is -2.31. The summed E-state index contributed by atoms with van der Waals surface area (Å²) in [6.07, 6.45) is 3.78. The third-order valence-electron chi connectivity index (χ3n) is 4.90. The van der Waals surface area contributed by atoms with Crippen molar-refractivity contribution in [1.82, 2.24) is 15.2 Å². The highest BCUT2D eigenvalue weighted by Gasteiger charge is 2.32. The molecule has 1 saturated heterocycles. The second-order valence-corrected chi connectivity index (χ2v) is 8.84. The van der Waals surface area contributed by atoms with Gasteiger partial charge in [0.15, 0.2) is 5.13 Å². The first-order chi connectivity index (χ1) is 13.5. The van der Waals surface area contributed by atoms with Crippen LogP contribution in [0.4, 0.5) is 10.8 Å². The molecular formula is C19H20Cl2N4O2S. The Hall–Kier alpha value is -1.83. The number of rotatable bonds is 5. The van der Waals surface area contributed by atoms with Crippen LogP contribution in [0.15, 0.2) is 23.6 Å². The van der Waals surface area contributed by atoms with Crippen molar-refractivity contribution in [3.05, 3.63) is 39.3 Å². The molecule has 2 heterocycles. The van der Waals surface area contributed by atoms with E-state index in [-0.39, 0.29) is 17.7 Å². The number of nitrogens with zero attached hydrogens (tertiary/aromatic N) is 2. The SMILES string of the molecule is O=C(NC1CC1)[C@@H]1CCCN(C(=O)c2csc(Nc3ccc(Cl)c(Cl)c3)n2)C1. The van der Waals surface area contributed by atoms with Crippen LogP contribution in [0, 0.1) is 5.92 Å². The van der Waals surface area contributed by atoms with Gasteiger partial charge in [0.05, 0.1) is 16.0 Å². The van der Waals surface area contributed by atoms with Crippen LogP contribution < -0.4 is 10.6 Å². The maximum atomic E-state index is 12.8. The number of aromatic nitrogens is 1. The lowest BCUT2D eigenvalue weighted by atomic mass is 9.97. The maximum Gasteiger partial charge on any atom is 0.273 e.